The van der Waals surface area contributed by atoms with E-state index in [9.17, 15) is 0 Å². The van der Waals surface area contributed by atoms with Gasteiger partial charge in [-0.3, -0.25) is 4.98 Å². The molecule has 0 aliphatic heterocycles. The van der Waals surface area contributed by atoms with Crippen molar-refractivity contribution in [3.63, 3.8) is 0 Å². The highest BCUT2D eigenvalue weighted by Crippen LogP contribution is 2.09. The number of hydrogen-bond donors (Lipinski definition) is 1. The molecule has 2 rings (SSSR count). The molecule has 13 heavy (non-hydrogen) atoms. The van der Waals surface area contributed by atoms with Gasteiger partial charge in [0.05, 0.1) is 5.69 Å². The third-order valence-electron chi connectivity index (χ3n) is 1.59. The van der Waals surface area contributed by atoms with Crippen molar-refractivity contribution >= 4 is 11.2 Å². The summed E-state index contributed by atoms with van der Waals surface area (Å²) in [6.45, 7) is 7.93. The first-order chi connectivity index (χ1) is 6.25. The summed E-state index contributed by atoms with van der Waals surface area (Å²) in [6.07, 6.45) is 1.77. The van der Waals surface area contributed by atoms with Crippen LogP contribution >= 0.6 is 0 Å². The topological polar surface area (TPSA) is 41.6 Å². The maximum absolute atomic E-state index is 4.28. The monoisotopic (exact) mass is 177 g/mol. The van der Waals surface area contributed by atoms with Crippen LogP contribution in [0.5, 0.6) is 0 Å². The summed E-state index contributed by atoms with van der Waals surface area (Å²) < 4.78 is 0. The Hall–Kier alpha value is -1.38. The molecule has 0 amide bonds. The van der Waals surface area contributed by atoms with E-state index in [2.05, 4.69) is 15.0 Å². The average molecular weight is 177 g/mol. The van der Waals surface area contributed by atoms with E-state index in [1.807, 2.05) is 33.8 Å². The van der Waals surface area contributed by atoms with Gasteiger partial charge in [0.2, 0.25) is 0 Å². The van der Waals surface area contributed by atoms with Gasteiger partial charge < -0.3 is 4.98 Å². The molecule has 0 saturated heterocycles. The van der Waals surface area contributed by atoms with E-state index in [-0.39, 0.29) is 0 Å². The molecule has 0 aromatic carbocycles. The molecular formula is C10H15N3. The highest BCUT2D eigenvalue weighted by atomic mass is 14.9. The number of nitrogens with zero attached hydrogens (tertiary/aromatic N) is 2. The summed E-state index contributed by atoms with van der Waals surface area (Å²) in [4.78, 5) is 11.6. The minimum absolute atomic E-state index is 0.877. The molecule has 0 aliphatic carbocycles. The fourth-order valence-corrected chi connectivity index (χ4v) is 1.11. The molecule has 2 aromatic heterocycles. The number of rotatable bonds is 0. The molecule has 2 heterocycles. The van der Waals surface area contributed by atoms with Crippen LogP contribution in [0.1, 0.15) is 25.2 Å². The quantitative estimate of drug-likeness (QED) is 0.672. The Morgan fingerprint density at radius 1 is 1.23 bits per heavy atom. The Labute approximate surface area is 78.2 Å². The highest BCUT2D eigenvalue weighted by Gasteiger charge is 1.98. The Morgan fingerprint density at radius 2 is 1.92 bits per heavy atom. The summed E-state index contributed by atoms with van der Waals surface area (Å²) >= 11 is 0. The van der Waals surface area contributed by atoms with E-state index in [0.29, 0.717) is 0 Å². The molecule has 1 N–H and O–H groups in total. The average Bonchev–Trinajstić information content (AvgIpc) is 2.48. The number of nitrogens with one attached hydrogen (secondary N) is 1. The molecule has 0 unspecified atom stereocenters. The number of aryl methyl sites for hydroxylation is 2. The first-order valence-corrected chi connectivity index (χ1v) is 4.55. The molecule has 70 valence electrons. The third kappa shape index (κ3) is 2.05. The van der Waals surface area contributed by atoms with Crippen molar-refractivity contribution in [2.24, 2.45) is 0 Å². The van der Waals surface area contributed by atoms with E-state index < -0.39 is 0 Å². The normalized spacial score (nSPS) is 9.54. The van der Waals surface area contributed by atoms with Gasteiger partial charge in [0.1, 0.15) is 5.52 Å². The number of H-pyrrole nitrogens is 1. The molecule has 2 aromatic rings. The Balaban J connectivity index is 0.000000396. The zero-order chi connectivity index (χ0) is 9.84. The minimum Gasteiger partial charge on any atom is -0.342 e. The molecular weight excluding hydrogens is 162 g/mol. The second-order valence-corrected chi connectivity index (χ2v) is 2.70. The number of aromatic amines is 1. The Bertz CT molecular complexity index is 390. The standard InChI is InChI=1S/C8H9N3.C2H6/c1-5-3-7-8(10-5)11-6(2)4-9-7;1-2/h3-4H,1-2H3,(H,10,11);1-2H3. The first-order valence-electron chi connectivity index (χ1n) is 4.55. The molecule has 3 nitrogen and oxygen atoms in total. The van der Waals surface area contributed by atoms with Gasteiger partial charge in [-0.1, -0.05) is 13.8 Å². The van der Waals surface area contributed by atoms with Gasteiger partial charge in [0.25, 0.3) is 0 Å². The second kappa shape index (κ2) is 4.03. The van der Waals surface area contributed by atoms with Gasteiger partial charge in [-0.15, -0.1) is 0 Å². The predicted molar refractivity (Wildman–Crippen MR) is 54.7 cm³/mol. The van der Waals surface area contributed by atoms with E-state index in [1.165, 1.54) is 0 Å². The maximum atomic E-state index is 4.28. The molecule has 0 bridgehead atoms. The lowest BCUT2D eigenvalue weighted by molar-refractivity contribution is 1.16. The number of hydrogen-bond acceptors (Lipinski definition) is 2. The smallest absolute Gasteiger partial charge is 0.156 e. The van der Waals surface area contributed by atoms with Gasteiger partial charge in [-0.25, -0.2) is 4.98 Å². The molecule has 0 fully saturated rings. The molecule has 0 saturated carbocycles. The molecule has 0 spiro atoms. The van der Waals surface area contributed by atoms with Gasteiger partial charge in [0, 0.05) is 11.9 Å². The summed E-state index contributed by atoms with van der Waals surface area (Å²) in [5.41, 5.74) is 3.86. The molecule has 0 atom stereocenters. The van der Waals surface area contributed by atoms with Crippen LogP contribution in [-0.4, -0.2) is 15.0 Å². The molecule has 0 aliphatic rings. The Kier molecular flexibility index (Phi) is 3.01. The van der Waals surface area contributed by atoms with Gasteiger partial charge in [-0.2, -0.15) is 0 Å². The van der Waals surface area contributed by atoms with E-state index in [0.717, 1.165) is 22.6 Å². The fourth-order valence-electron chi connectivity index (χ4n) is 1.11. The predicted octanol–water partition coefficient (Wildman–Crippen LogP) is 2.60. The van der Waals surface area contributed by atoms with Gasteiger partial charge in [0.15, 0.2) is 5.65 Å². The summed E-state index contributed by atoms with van der Waals surface area (Å²) in [6, 6.07) is 1.99. The largest absolute Gasteiger partial charge is 0.342 e. The van der Waals surface area contributed by atoms with Crippen molar-refractivity contribution in [2.45, 2.75) is 27.7 Å². The van der Waals surface area contributed by atoms with Crippen molar-refractivity contribution < 1.29 is 0 Å². The lowest BCUT2D eigenvalue weighted by atomic mass is 10.4. The zero-order valence-electron chi connectivity index (χ0n) is 8.55. The van der Waals surface area contributed by atoms with Crippen LogP contribution < -0.4 is 0 Å². The highest BCUT2D eigenvalue weighted by molar-refractivity contribution is 5.71. The summed E-state index contributed by atoms with van der Waals surface area (Å²) in [5.74, 6) is 0. The molecule has 3 heteroatoms. The maximum Gasteiger partial charge on any atom is 0.156 e. The fraction of sp³-hybridized carbons (Fsp3) is 0.400. The molecule has 0 radical (unpaired) electrons. The van der Waals surface area contributed by atoms with Crippen molar-refractivity contribution in [3.05, 3.63) is 23.7 Å². The summed E-state index contributed by atoms with van der Waals surface area (Å²) in [5, 5.41) is 0. The lowest BCUT2D eigenvalue weighted by Gasteiger charge is -1.89. The van der Waals surface area contributed by atoms with Crippen LogP contribution in [0.2, 0.25) is 0 Å². The Morgan fingerprint density at radius 3 is 2.62 bits per heavy atom. The van der Waals surface area contributed by atoms with Crippen molar-refractivity contribution in [2.75, 3.05) is 0 Å². The van der Waals surface area contributed by atoms with Crippen molar-refractivity contribution in [3.8, 4) is 0 Å². The summed E-state index contributed by atoms with van der Waals surface area (Å²) in [7, 11) is 0. The van der Waals surface area contributed by atoms with Crippen LogP contribution in [0.4, 0.5) is 0 Å². The van der Waals surface area contributed by atoms with E-state index in [1.54, 1.807) is 6.20 Å². The minimum atomic E-state index is 0.877. The van der Waals surface area contributed by atoms with E-state index in [4.69, 9.17) is 0 Å². The van der Waals surface area contributed by atoms with Crippen LogP contribution in [0.3, 0.4) is 0 Å². The van der Waals surface area contributed by atoms with Crippen molar-refractivity contribution in [1.82, 2.24) is 15.0 Å². The SMILES string of the molecule is CC.Cc1cnc2cc(C)[nH]c2n1. The second-order valence-electron chi connectivity index (χ2n) is 2.70. The first kappa shape index (κ1) is 9.71. The van der Waals surface area contributed by atoms with Crippen LogP contribution in [0.15, 0.2) is 12.3 Å². The van der Waals surface area contributed by atoms with Crippen LogP contribution in [0.25, 0.3) is 11.2 Å². The number of fused-ring (bicyclic) bond motifs is 1. The van der Waals surface area contributed by atoms with E-state index >= 15 is 0 Å². The van der Waals surface area contributed by atoms with Crippen LogP contribution in [-0.2, 0) is 0 Å². The number of aromatic nitrogens is 3. The zero-order valence-corrected chi connectivity index (χ0v) is 8.55. The lowest BCUT2D eigenvalue weighted by Crippen LogP contribution is -1.83. The van der Waals surface area contributed by atoms with Crippen LogP contribution in [0, 0.1) is 13.8 Å². The van der Waals surface area contributed by atoms with Gasteiger partial charge >= 0.3 is 0 Å². The van der Waals surface area contributed by atoms with Gasteiger partial charge in [-0.05, 0) is 19.9 Å². The van der Waals surface area contributed by atoms with Crippen molar-refractivity contribution in [1.29, 1.82) is 0 Å². The third-order valence-corrected chi connectivity index (χ3v) is 1.59.